The minimum atomic E-state index is 0.525. The van der Waals surface area contributed by atoms with Crippen LogP contribution in [-0.4, -0.2) is 10.8 Å². The molecule has 0 spiro atoms. The van der Waals surface area contributed by atoms with Gasteiger partial charge in [0.15, 0.2) is 5.11 Å². The van der Waals surface area contributed by atoms with E-state index in [2.05, 4.69) is 48.7 Å². The van der Waals surface area contributed by atoms with Crippen LogP contribution in [0, 0.1) is 13.8 Å². The molecule has 0 radical (unpaired) electrons. The Labute approximate surface area is 115 Å². The predicted octanol–water partition coefficient (Wildman–Crippen LogP) is 3.77. The average Bonchev–Trinajstić information content (AvgIpc) is 2.31. The van der Waals surface area contributed by atoms with E-state index in [1.54, 1.807) is 0 Å². The summed E-state index contributed by atoms with van der Waals surface area (Å²) in [5.74, 6) is 0. The molecule has 0 amide bonds. The quantitative estimate of drug-likeness (QED) is 0.493. The largest absolute Gasteiger partial charge is 0.331 e. The molecule has 18 heavy (non-hydrogen) atoms. The normalized spacial score (nSPS) is 11.2. The van der Waals surface area contributed by atoms with Gasteiger partial charge < -0.3 is 5.32 Å². The number of hydrogen-bond acceptors (Lipinski definition) is 2. The first-order valence-electron chi connectivity index (χ1n) is 6.20. The van der Waals surface area contributed by atoms with Gasteiger partial charge in [-0.3, -0.25) is 5.43 Å². The Bertz CT molecular complexity index is 452. The molecule has 0 atom stereocenters. The van der Waals surface area contributed by atoms with Crippen LogP contribution in [-0.2, 0) is 0 Å². The highest BCUT2D eigenvalue weighted by atomic mass is 32.1. The van der Waals surface area contributed by atoms with E-state index < -0.39 is 0 Å². The molecule has 4 heteroatoms. The lowest BCUT2D eigenvalue weighted by Gasteiger charge is -2.11. The molecule has 0 saturated heterocycles. The number of anilines is 1. The number of benzene rings is 1. The zero-order chi connectivity index (χ0) is 13.5. The number of aryl methyl sites for hydroxylation is 2. The van der Waals surface area contributed by atoms with Crippen molar-refractivity contribution in [2.24, 2.45) is 5.10 Å². The van der Waals surface area contributed by atoms with Crippen molar-refractivity contribution in [1.82, 2.24) is 5.43 Å². The van der Waals surface area contributed by atoms with Gasteiger partial charge in [-0.1, -0.05) is 31.0 Å². The van der Waals surface area contributed by atoms with Crippen LogP contribution in [0.15, 0.2) is 23.3 Å². The maximum Gasteiger partial charge on any atom is 0.191 e. The van der Waals surface area contributed by atoms with Gasteiger partial charge in [0.05, 0.1) is 0 Å². The molecule has 1 rings (SSSR count). The first-order chi connectivity index (χ1) is 8.52. The van der Waals surface area contributed by atoms with Gasteiger partial charge in [-0.25, -0.2) is 0 Å². The molecule has 0 aliphatic carbocycles. The maximum absolute atomic E-state index is 5.20. The zero-order valence-corrected chi connectivity index (χ0v) is 12.3. The number of hydrazone groups is 1. The Morgan fingerprint density at radius 1 is 1.33 bits per heavy atom. The third-order valence-corrected chi connectivity index (χ3v) is 2.78. The van der Waals surface area contributed by atoms with E-state index in [4.69, 9.17) is 12.2 Å². The average molecular weight is 263 g/mol. The van der Waals surface area contributed by atoms with Crippen molar-refractivity contribution in [2.45, 2.75) is 40.5 Å². The fraction of sp³-hybridized carbons (Fsp3) is 0.429. The second kappa shape index (κ2) is 7.11. The van der Waals surface area contributed by atoms with E-state index in [-0.39, 0.29) is 0 Å². The Hall–Kier alpha value is -1.42. The van der Waals surface area contributed by atoms with E-state index in [0.717, 1.165) is 24.2 Å². The summed E-state index contributed by atoms with van der Waals surface area (Å²) < 4.78 is 0. The second-order valence-corrected chi connectivity index (χ2v) is 4.89. The van der Waals surface area contributed by atoms with Crippen LogP contribution in [0.25, 0.3) is 0 Å². The highest BCUT2D eigenvalue weighted by Gasteiger charge is 2.00. The van der Waals surface area contributed by atoms with E-state index in [1.807, 2.05) is 13.0 Å². The summed E-state index contributed by atoms with van der Waals surface area (Å²) in [7, 11) is 0. The summed E-state index contributed by atoms with van der Waals surface area (Å²) in [6.45, 7) is 8.26. The number of nitrogens with one attached hydrogen (secondary N) is 2. The Morgan fingerprint density at radius 2 is 2.06 bits per heavy atom. The van der Waals surface area contributed by atoms with Crippen molar-refractivity contribution in [3.05, 3.63) is 29.3 Å². The van der Waals surface area contributed by atoms with Crippen LogP contribution in [0.4, 0.5) is 5.69 Å². The summed E-state index contributed by atoms with van der Waals surface area (Å²) in [6, 6.07) is 6.21. The molecular formula is C14H21N3S. The van der Waals surface area contributed by atoms with Crippen LogP contribution in [0.1, 0.15) is 37.8 Å². The molecule has 0 bridgehead atoms. The molecule has 0 heterocycles. The molecule has 0 fully saturated rings. The summed E-state index contributed by atoms with van der Waals surface area (Å²) in [5, 5.41) is 7.89. The molecule has 1 aromatic rings. The van der Waals surface area contributed by atoms with Gasteiger partial charge in [-0.2, -0.15) is 5.10 Å². The first-order valence-corrected chi connectivity index (χ1v) is 6.61. The molecular weight excluding hydrogens is 242 g/mol. The lowest BCUT2D eigenvalue weighted by Crippen LogP contribution is -2.25. The summed E-state index contributed by atoms with van der Waals surface area (Å²) in [6.07, 6.45) is 2.08. The number of rotatable bonds is 4. The van der Waals surface area contributed by atoms with Gasteiger partial charge in [0.2, 0.25) is 0 Å². The molecule has 98 valence electrons. The van der Waals surface area contributed by atoms with Gasteiger partial charge in [0.1, 0.15) is 0 Å². The van der Waals surface area contributed by atoms with Crippen LogP contribution in [0.3, 0.4) is 0 Å². The highest BCUT2D eigenvalue weighted by molar-refractivity contribution is 7.80. The number of nitrogens with zero attached hydrogens (tertiary/aromatic N) is 1. The van der Waals surface area contributed by atoms with E-state index in [0.29, 0.717) is 5.11 Å². The highest BCUT2D eigenvalue weighted by Crippen LogP contribution is 2.15. The van der Waals surface area contributed by atoms with Crippen LogP contribution in [0.5, 0.6) is 0 Å². The van der Waals surface area contributed by atoms with Crippen LogP contribution in [0.2, 0.25) is 0 Å². The van der Waals surface area contributed by atoms with Crippen molar-refractivity contribution in [2.75, 3.05) is 5.32 Å². The third-order valence-electron chi connectivity index (χ3n) is 2.59. The van der Waals surface area contributed by atoms with Crippen molar-refractivity contribution >= 4 is 28.7 Å². The molecule has 0 saturated carbocycles. The second-order valence-electron chi connectivity index (χ2n) is 4.48. The van der Waals surface area contributed by atoms with Crippen molar-refractivity contribution < 1.29 is 0 Å². The van der Waals surface area contributed by atoms with Crippen LogP contribution >= 0.6 is 12.2 Å². The minimum Gasteiger partial charge on any atom is -0.331 e. The molecule has 3 nitrogen and oxygen atoms in total. The molecule has 1 aromatic carbocycles. The van der Waals surface area contributed by atoms with E-state index in [9.17, 15) is 0 Å². The van der Waals surface area contributed by atoms with E-state index >= 15 is 0 Å². The third kappa shape index (κ3) is 4.84. The van der Waals surface area contributed by atoms with Crippen molar-refractivity contribution in [3.63, 3.8) is 0 Å². The molecule has 2 N–H and O–H groups in total. The number of hydrogen-bond donors (Lipinski definition) is 2. The SMILES string of the molecule is CCC/C(C)=N\NC(=S)Nc1ccc(C)cc1C. The number of thiocarbonyl (C=S) groups is 1. The van der Waals surface area contributed by atoms with Crippen molar-refractivity contribution in [1.29, 1.82) is 0 Å². The van der Waals surface area contributed by atoms with Crippen molar-refractivity contribution in [3.8, 4) is 0 Å². The minimum absolute atomic E-state index is 0.525. The lowest BCUT2D eigenvalue weighted by molar-refractivity contribution is 0.948. The Morgan fingerprint density at radius 3 is 2.67 bits per heavy atom. The standard InChI is InChI=1S/C14H21N3S/c1-5-6-12(4)16-17-14(18)15-13-8-7-10(2)9-11(13)3/h7-9H,5-6H2,1-4H3,(H2,15,17,18)/b16-12-. The summed E-state index contributed by atoms with van der Waals surface area (Å²) >= 11 is 5.20. The summed E-state index contributed by atoms with van der Waals surface area (Å²) in [5.41, 5.74) is 7.36. The topological polar surface area (TPSA) is 36.4 Å². The fourth-order valence-corrected chi connectivity index (χ4v) is 1.82. The monoisotopic (exact) mass is 263 g/mol. The molecule has 0 aromatic heterocycles. The first kappa shape index (κ1) is 14.6. The Kier molecular flexibility index (Phi) is 5.78. The zero-order valence-electron chi connectivity index (χ0n) is 11.5. The Balaban J connectivity index is 2.57. The van der Waals surface area contributed by atoms with Gasteiger partial charge in [-0.15, -0.1) is 0 Å². The maximum atomic E-state index is 5.20. The van der Waals surface area contributed by atoms with Gasteiger partial charge >= 0.3 is 0 Å². The fourth-order valence-electron chi connectivity index (χ4n) is 1.67. The van der Waals surface area contributed by atoms with Gasteiger partial charge in [0.25, 0.3) is 0 Å². The van der Waals surface area contributed by atoms with Crippen LogP contribution < -0.4 is 10.7 Å². The van der Waals surface area contributed by atoms with Gasteiger partial charge in [-0.05, 0) is 51.0 Å². The smallest absolute Gasteiger partial charge is 0.191 e. The summed E-state index contributed by atoms with van der Waals surface area (Å²) in [4.78, 5) is 0. The van der Waals surface area contributed by atoms with E-state index in [1.165, 1.54) is 11.1 Å². The molecule has 0 aliphatic rings. The molecule has 0 unspecified atom stereocenters. The lowest BCUT2D eigenvalue weighted by atomic mass is 10.1. The molecule has 0 aliphatic heterocycles. The predicted molar refractivity (Wildman–Crippen MR) is 83.3 cm³/mol. The van der Waals surface area contributed by atoms with Gasteiger partial charge in [0, 0.05) is 11.4 Å².